The summed E-state index contributed by atoms with van der Waals surface area (Å²) in [4.78, 5) is 13.1. The first-order chi connectivity index (χ1) is 16.8. The Morgan fingerprint density at radius 1 is 0.943 bits per heavy atom. The number of hydrogen-bond donors (Lipinski definition) is 1. The summed E-state index contributed by atoms with van der Waals surface area (Å²) in [6.45, 7) is 4.41. The lowest BCUT2D eigenvalue weighted by Crippen LogP contribution is -2.54. The van der Waals surface area contributed by atoms with E-state index in [1.807, 2.05) is 36.4 Å². The lowest BCUT2D eigenvalue weighted by Gasteiger charge is -2.46. The number of fused-ring (bicyclic) bond motifs is 1. The van der Waals surface area contributed by atoms with Crippen molar-refractivity contribution in [3.05, 3.63) is 119 Å². The fraction of sp³-hybridized carbons (Fsp3) is 0.172. The first-order valence-electron chi connectivity index (χ1n) is 11.5. The van der Waals surface area contributed by atoms with Crippen molar-refractivity contribution in [1.29, 1.82) is 0 Å². The molecule has 1 aromatic heterocycles. The van der Waals surface area contributed by atoms with Crippen molar-refractivity contribution in [2.45, 2.75) is 24.9 Å². The summed E-state index contributed by atoms with van der Waals surface area (Å²) >= 11 is 0. The van der Waals surface area contributed by atoms with Crippen molar-refractivity contribution in [3.63, 3.8) is 0 Å². The van der Waals surface area contributed by atoms with Crippen molar-refractivity contribution >= 4 is 17.5 Å². The molecule has 1 atom stereocenters. The lowest BCUT2D eigenvalue weighted by molar-refractivity contribution is -0.384. The number of para-hydroxylation sites is 1. The Bertz CT molecular complexity index is 1440. The average Bonchev–Trinajstić information content (AvgIpc) is 3.41. The molecule has 0 radical (unpaired) electrons. The van der Waals surface area contributed by atoms with Gasteiger partial charge in [-0.3, -0.25) is 10.1 Å². The van der Waals surface area contributed by atoms with E-state index in [0.717, 1.165) is 16.8 Å². The molecule has 6 heteroatoms. The molecule has 1 N–H and O–H groups in total. The van der Waals surface area contributed by atoms with Gasteiger partial charge < -0.3 is 14.6 Å². The second-order valence-electron chi connectivity index (χ2n) is 9.43. The monoisotopic (exact) mass is 465 g/mol. The maximum atomic E-state index is 11.3. The number of benzene rings is 3. The van der Waals surface area contributed by atoms with Crippen LogP contribution in [-0.2, 0) is 11.1 Å². The second kappa shape index (κ2) is 8.17. The molecule has 0 spiro atoms. The topological polar surface area (TPSA) is 71.5 Å². The molecule has 0 amide bonds. The van der Waals surface area contributed by atoms with Gasteiger partial charge in [0.05, 0.1) is 4.92 Å². The molecular weight excluding hydrogens is 438 g/mol. The van der Waals surface area contributed by atoms with E-state index < -0.39 is 10.6 Å². The quantitative estimate of drug-likeness (QED) is 0.268. The number of likely N-dealkylation sites (N-methyl/N-ethyl adjacent to an activating group) is 1. The zero-order valence-electron chi connectivity index (χ0n) is 19.9. The van der Waals surface area contributed by atoms with E-state index in [4.69, 9.17) is 0 Å². The van der Waals surface area contributed by atoms with Gasteiger partial charge in [0.15, 0.2) is 0 Å². The van der Waals surface area contributed by atoms with Crippen molar-refractivity contribution in [2.75, 3.05) is 11.9 Å². The zero-order valence-corrected chi connectivity index (χ0v) is 19.9. The molecule has 176 valence electrons. The number of phenolic OH excluding ortho intramolecular Hbond substituents is 1. The number of anilines is 1. The Hall–Kier alpha value is -4.32. The maximum Gasteiger partial charge on any atom is 0.270 e. The summed E-state index contributed by atoms with van der Waals surface area (Å²) in [7, 11) is 2.06. The third kappa shape index (κ3) is 3.41. The maximum absolute atomic E-state index is 11.3. The highest BCUT2D eigenvalue weighted by Gasteiger charge is 2.55. The third-order valence-corrected chi connectivity index (χ3v) is 7.28. The number of nitro groups is 1. The number of nitro benzene ring substituents is 1. The first kappa shape index (κ1) is 22.5. The molecule has 2 heterocycles. The molecule has 35 heavy (non-hydrogen) atoms. The third-order valence-electron chi connectivity index (χ3n) is 7.28. The summed E-state index contributed by atoms with van der Waals surface area (Å²) < 4.78 is 2.19. The molecule has 0 bridgehead atoms. The minimum atomic E-state index is -0.680. The van der Waals surface area contributed by atoms with E-state index in [1.165, 1.54) is 23.8 Å². The highest BCUT2D eigenvalue weighted by Crippen LogP contribution is 2.55. The van der Waals surface area contributed by atoms with Gasteiger partial charge in [0.25, 0.3) is 5.69 Å². The van der Waals surface area contributed by atoms with Crippen molar-refractivity contribution in [2.24, 2.45) is 0 Å². The van der Waals surface area contributed by atoms with Crippen LogP contribution in [0.2, 0.25) is 0 Å². The molecule has 6 nitrogen and oxygen atoms in total. The summed E-state index contributed by atoms with van der Waals surface area (Å²) in [5.41, 5.74) is 3.80. The molecule has 5 rings (SSSR count). The van der Waals surface area contributed by atoms with E-state index in [0.29, 0.717) is 5.56 Å². The Balaban J connectivity index is 1.71. The summed E-state index contributed by atoms with van der Waals surface area (Å²) in [6, 6.07) is 24.7. The smallest absolute Gasteiger partial charge is 0.270 e. The Morgan fingerprint density at radius 3 is 2.37 bits per heavy atom. The molecule has 1 aliphatic heterocycles. The van der Waals surface area contributed by atoms with E-state index in [9.17, 15) is 15.2 Å². The summed E-state index contributed by atoms with van der Waals surface area (Å²) in [6.07, 6.45) is 8.04. The number of aromatic hydroxyl groups is 1. The first-order valence-corrected chi connectivity index (χ1v) is 11.5. The number of non-ortho nitro benzene ring substituents is 1. The van der Waals surface area contributed by atoms with Gasteiger partial charge in [0, 0.05) is 48.2 Å². The van der Waals surface area contributed by atoms with Gasteiger partial charge in [-0.15, -0.1) is 0 Å². The van der Waals surface area contributed by atoms with Gasteiger partial charge in [0.1, 0.15) is 11.4 Å². The Morgan fingerprint density at radius 2 is 1.66 bits per heavy atom. The molecule has 0 saturated carbocycles. The SMILES string of the molecule is CN1c2ccccc2C(C)(C)C1(/C=C/c1cc([N+](=O)[O-])ccc1O)n1ccc(-c2ccccc2)c1. The van der Waals surface area contributed by atoms with Crippen molar-refractivity contribution < 1.29 is 10.0 Å². The number of aromatic nitrogens is 1. The van der Waals surface area contributed by atoms with E-state index in [2.05, 4.69) is 73.1 Å². The summed E-state index contributed by atoms with van der Waals surface area (Å²) in [5.74, 6) is -0.00421. The van der Waals surface area contributed by atoms with Crippen LogP contribution in [0.4, 0.5) is 11.4 Å². The minimum absolute atomic E-state index is 0.00421. The average molecular weight is 466 g/mol. The largest absolute Gasteiger partial charge is 0.507 e. The Labute approximate surface area is 204 Å². The van der Waals surface area contributed by atoms with Crippen LogP contribution in [-0.4, -0.2) is 21.6 Å². The molecule has 3 aromatic carbocycles. The summed E-state index contributed by atoms with van der Waals surface area (Å²) in [5, 5.41) is 21.8. The molecular formula is C29H27N3O3. The lowest BCUT2D eigenvalue weighted by atomic mass is 9.75. The fourth-order valence-corrected chi connectivity index (χ4v) is 5.40. The van der Waals surface area contributed by atoms with Crippen LogP contribution in [0.3, 0.4) is 0 Å². The van der Waals surface area contributed by atoms with Crippen LogP contribution in [0.5, 0.6) is 5.75 Å². The van der Waals surface area contributed by atoms with Gasteiger partial charge >= 0.3 is 0 Å². The fourth-order valence-electron chi connectivity index (χ4n) is 5.40. The number of phenols is 1. The standard InChI is InChI=1S/C29H27N3O3/c1-28(2)25-11-7-8-12-26(25)30(3)29(28,17-15-22-19-24(32(34)35)13-14-27(22)33)31-18-16-23(20-31)21-9-5-4-6-10-21/h4-20,33H,1-3H3/b17-15+. The highest BCUT2D eigenvalue weighted by atomic mass is 16.6. The molecule has 1 aliphatic rings. The Kier molecular flexibility index (Phi) is 5.24. The van der Waals surface area contributed by atoms with Crippen LogP contribution >= 0.6 is 0 Å². The van der Waals surface area contributed by atoms with E-state index >= 15 is 0 Å². The van der Waals surface area contributed by atoms with Crippen LogP contribution < -0.4 is 4.90 Å². The van der Waals surface area contributed by atoms with E-state index in [-0.39, 0.29) is 16.9 Å². The van der Waals surface area contributed by atoms with Crippen LogP contribution in [0.15, 0.2) is 97.3 Å². The van der Waals surface area contributed by atoms with Gasteiger partial charge in [-0.25, -0.2) is 0 Å². The predicted molar refractivity (Wildman–Crippen MR) is 140 cm³/mol. The molecule has 0 aliphatic carbocycles. The highest BCUT2D eigenvalue weighted by molar-refractivity contribution is 5.71. The number of nitrogens with zero attached hydrogens (tertiary/aromatic N) is 3. The predicted octanol–water partition coefficient (Wildman–Crippen LogP) is 6.56. The van der Waals surface area contributed by atoms with Crippen molar-refractivity contribution in [1.82, 2.24) is 4.57 Å². The molecule has 0 fully saturated rings. The molecule has 4 aromatic rings. The van der Waals surface area contributed by atoms with Gasteiger partial charge in [-0.1, -0.05) is 68.5 Å². The molecule has 1 unspecified atom stereocenters. The van der Waals surface area contributed by atoms with Gasteiger partial charge in [-0.05, 0) is 41.0 Å². The van der Waals surface area contributed by atoms with Crippen LogP contribution in [0, 0.1) is 10.1 Å². The van der Waals surface area contributed by atoms with E-state index in [1.54, 1.807) is 6.08 Å². The number of hydrogen-bond acceptors (Lipinski definition) is 4. The normalized spacial score (nSPS) is 18.7. The van der Waals surface area contributed by atoms with Crippen LogP contribution in [0.1, 0.15) is 25.0 Å². The molecule has 0 saturated heterocycles. The zero-order chi connectivity index (χ0) is 24.8. The van der Waals surface area contributed by atoms with Gasteiger partial charge in [-0.2, -0.15) is 0 Å². The van der Waals surface area contributed by atoms with Crippen molar-refractivity contribution in [3.8, 4) is 16.9 Å². The van der Waals surface area contributed by atoms with Crippen LogP contribution in [0.25, 0.3) is 17.2 Å². The number of rotatable bonds is 5. The second-order valence-corrected chi connectivity index (χ2v) is 9.43. The van der Waals surface area contributed by atoms with Gasteiger partial charge in [0.2, 0.25) is 0 Å². The minimum Gasteiger partial charge on any atom is -0.507 e.